The summed E-state index contributed by atoms with van der Waals surface area (Å²) in [5.74, 6) is 1.07. The molecule has 3 aromatic heterocycles. The summed E-state index contributed by atoms with van der Waals surface area (Å²) < 4.78 is 2.03. The van der Waals surface area contributed by atoms with Gasteiger partial charge in [0.25, 0.3) is 0 Å². The van der Waals surface area contributed by atoms with Crippen LogP contribution in [0.1, 0.15) is 55.3 Å². The van der Waals surface area contributed by atoms with Crippen molar-refractivity contribution in [1.82, 2.24) is 29.6 Å². The summed E-state index contributed by atoms with van der Waals surface area (Å²) in [7, 11) is 2.03. The van der Waals surface area contributed by atoms with Gasteiger partial charge in [-0.2, -0.15) is 5.10 Å². The minimum atomic E-state index is 0.444. The van der Waals surface area contributed by atoms with Crippen LogP contribution in [0.15, 0.2) is 43.1 Å². The number of aromatic amines is 2. The standard InChI is InChI=1S/C24H30N6/c1-16(2)23-21-10-18(4-5-22(21)28-24(23)19-11-26-27-12-19)17-6-8-30(9-7-17)14-20-13-29(3)15-25-20/h4-5,10-13,15-17,28H,6-9,14H2,1-3H3,(H,26,27). The van der Waals surface area contributed by atoms with Crippen molar-refractivity contribution >= 4 is 10.9 Å². The molecule has 0 atom stereocenters. The quantitative estimate of drug-likeness (QED) is 0.504. The highest BCUT2D eigenvalue weighted by Gasteiger charge is 2.23. The monoisotopic (exact) mass is 402 g/mol. The Hall–Kier alpha value is -2.86. The van der Waals surface area contributed by atoms with Gasteiger partial charge >= 0.3 is 0 Å². The Morgan fingerprint density at radius 1 is 1.20 bits per heavy atom. The number of nitrogens with zero attached hydrogens (tertiary/aromatic N) is 4. The number of likely N-dealkylation sites (tertiary alicyclic amines) is 1. The minimum Gasteiger partial charge on any atom is -0.354 e. The topological polar surface area (TPSA) is 65.5 Å². The van der Waals surface area contributed by atoms with Crippen LogP contribution in [0.2, 0.25) is 0 Å². The fourth-order valence-corrected chi connectivity index (χ4v) is 4.90. The number of piperidine rings is 1. The Kier molecular flexibility index (Phi) is 4.95. The highest BCUT2D eigenvalue weighted by molar-refractivity contribution is 5.91. The molecule has 4 heterocycles. The van der Waals surface area contributed by atoms with Crippen molar-refractivity contribution in [3.8, 4) is 11.3 Å². The van der Waals surface area contributed by atoms with Crippen molar-refractivity contribution in [1.29, 1.82) is 0 Å². The maximum absolute atomic E-state index is 4.48. The number of aromatic nitrogens is 5. The number of fused-ring (bicyclic) bond motifs is 1. The molecule has 6 nitrogen and oxygen atoms in total. The lowest BCUT2D eigenvalue weighted by molar-refractivity contribution is 0.203. The maximum Gasteiger partial charge on any atom is 0.0947 e. The average Bonchev–Trinajstić information content (AvgIpc) is 3.47. The molecule has 1 fully saturated rings. The van der Waals surface area contributed by atoms with Crippen molar-refractivity contribution in [3.05, 3.63) is 59.9 Å². The number of nitrogens with one attached hydrogen (secondary N) is 2. The molecule has 0 saturated carbocycles. The van der Waals surface area contributed by atoms with E-state index in [0.29, 0.717) is 11.8 Å². The summed E-state index contributed by atoms with van der Waals surface area (Å²) in [6.45, 7) is 7.76. The van der Waals surface area contributed by atoms with Crippen molar-refractivity contribution in [2.75, 3.05) is 13.1 Å². The van der Waals surface area contributed by atoms with Gasteiger partial charge in [0.05, 0.1) is 23.9 Å². The highest BCUT2D eigenvalue weighted by Crippen LogP contribution is 2.38. The van der Waals surface area contributed by atoms with Crippen LogP contribution in [-0.4, -0.2) is 42.7 Å². The van der Waals surface area contributed by atoms with E-state index in [2.05, 4.69) is 63.3 Å². The van der Waals surface area contributed by atoms with Crippen LogP contribution < -0.4 is 0 Å². The van der Waals surface area contributed by atoms with Crippen molar-refractivity contribution in [3.63, 3.8) is 0 Å². The molecule has 0 aliphatic carbocycles. The summed E-state index contributed by atoms with van der Waals surface area (Å²) in [6.07, 6.45) is 10.3. The lowest BCUT2D eigenvalue weighted by atomic mass is 9.87. The van der Waals surface area contributed by atoms with Gasteiger partial charge in [0.1, 0.15) is 0 Å². The van der Waals surface area contributed by atoms with Gasteiger partial charge in [-0.15, -0.1) is 0 Å². The van der Waals surface area contributed by atoms with Crippen LogP contribution in [0.25, 0.3) is 22.2 Å². The molecular weight excluding hydrogens is 372 g/mol. The molecule has 30 heavy (non-hydrogen) atoms. The van der Waals surface area contributed by atoms with Gasteiger partial charge in [0, 0.05) is 42.5 Å². The highest BCUT2D eigenvalue weighted by atomic mass is 15.1. The minimum absolute atomic E-state index is 0.444. The van der Waals surface area contributed by atoms with Gasteiger partial charge in [-0.25, -0.2) is 4.98 Å². The number of hydrogen-bond donors (Lipinski definition) is 2. The van der Waals surface area contributed by atoms with E-state index >= 15 is 0 Å². The Morgan fingerprint density at radius 2 is 2.03 bits per heavy atom. The number of rotatable bonds is 5. The zero-order valence-corrected chi connectivity index (χ0v) is 18.0. The molecule has 0 bridgehead atoms. The van der Waals surface area contributed by atoms with E-state index in [1.807, 2.05) is 30.3 Å². The first kappa shape index (κ1) is 19.1. The summed E-state index contributed by atoms with van der Waals surface area (Å²) in [6, 6.07) is 7.02. The molecule has 1 aromatic carbocycles. The van der Waals surface area contributed by atoms with E-state index < -0.39 is 0 Å². The van der Waals surface area contributed by atoms with E-state index in [1.54, 1.807) is 0 Å². The molecule has 4 aromatic rings. The second-order valence-corrected chi connectivity index (χ2v) is 8.94. The fraction of sp³-hybridized carbons (Fsp3) is 0.417. The van der Waals surface area contributed by atoms with Gasteiger partial charge in [0.2, 0.25) is 0 Å². The molecule has 5 rings (SSSR count). The molecule has 1 aliphatic heterocycles. The third kappa shape index (κ3) is 3.56. The van der Waals surface area contributed by atoms with Crippen LogP contribution in [0.3, 0.4) is 0 Å². The molecule has 0 unspecified atom stereocenters. The van der Waals surface area contributed by atoms with Crippen LogP contribution in [0.5, 0.6) is 0 Å². The second-order valence-electron chi connectivity index (χ2n) is 8.94. The largest absolute Gasteiger partial charge is 0.354 e. The molecule has 1 aliphatic rings. The summed E-state index contributed by atoms with van der Waals surface area (Å²) in [5.41, 5.74) is 7.56. The van der Waals surface area contributed by atoms with Crippen molar-refractivity contribution < 1.29 is 0 Å². The zero-order chi connectivity index (χ0) is 20.7. The van der Waals surface area contributed by atoms with Crippen LogP contribution in [0.4, 0.5) is 0 Å². The van der Waals surface area contributed by atoms with E-state index in [1.165, 1.54) is 40.6 Å². The van der Waals surface area contributed by atoms with Crippen molar-refractivity contribution in [2.24, 2.45) is 7.05 Å². The smallest absolute Gasteiger partial charge is 0.0947 e. The molecule has 6 heteroatoms. The molecule has 0 spiro atoms. The van der Waals surface area contributed by atoms with Gasteiger partial charge in [-0.1, -0.05) is 19.9 Å². The summed E-state index contributed by atoms with van der Waals surface area (Å²) in [4.78, 5) is 10.7. The van der Waals surface area contributed by atoms with Crippen LogP contribution in [0, 0.1) is 0 Å². The molecule has 1 saturated heterocycles. The first-order valence-electron chi connectivity index (χ1n) is 10.9. The maximum atomic E-state index is 4.48. The summed E-state index contributed by atoms with van der Waals surface area (Å²) in [5, 5.41) is 8.44. The normalized spacial score (nSPS) is 16.1. The second kappa shape index (κ2) is 7.76. The lowest BCUT2D eigenvalue weighted by Gasteiger charge is -2.31. The predicted molar refractivity (Wildman–Crippen MR) is 120 cm³/mol. The number of hydrogen-bond acceptors (Lipinski definition) is 3. The Balaban J connectivity index is 1.37. The fourth-order valence-electron chi connectivity index (χ4n) is 4.90. The number of H-pyrrole nitrogens is 2. The molecule has 2 N–H and O–H groups in total. The number of aryl methyl sites for hydroxylation is 1. The average molecular weight is 403 g/mol. The van der Waals surface area contributed by atoms with E-state index in [-0.39, 0.29) is 0 Å². The molecule has 0 radical (unpaired) electrons. The number of imidazole rings is 1. The Labute approximate surface area is 177 Å². The van der Waals surface area contributed by atoms with E-state index in [4.69, 9.17) is 0 Å². The molecule has 0 amide bonds. The molecule has 156 valence electrons. The van der Waals surface area contributed by atoms with Crippen molar-refractivity contribution in [2.45, 2.75) is 45.1 Å². The van der Waals surface area contributed by atoms with Gasteiger partial charge in [-0.05, 0) is 61.0 Å². The summed E-state index contributed by atoms with van der Waals surface area (Å²) >= 11 is 0. The number of benzene rings is 1. The van der Waals surface area contributed by atoms with Gasteiger partial charge in [0.15, 0.2) is 0 Å². The van der Waals surface area contributed by atoms with Gasteiger partial charge in [-0.3, -0.25) is 10.00 Å². The zero-order valence-electron chi connectivity index (χ0n) is 18.0. The first-order chi connectivity index (χ1) is 14.6. The Bertz CT molecular complexity index is 1130. The van der Waals surface area contributed by atoms with E-state index in [9.17, 15) is 0 Å². The third-order valence-corrected chi connectivity index (χ3v) is 6.43. The molecular formula is C24H30N6. The van der Waals surface area contributed by atoms with Gasteiger partial charge < -0.3 is 9.55 Å². The first-order valence-corrected chi connectivity index (χ1v) is 10.9. The van der Waals surface area contributed by atoms with Crippen LogP contribution >= 0.6 is 0 Å². The lowest BCUT2D eigenvalue weighted by Crippen LogP contribution is -2.32. The van der Waals surface area contributed by atoms with E-state index in [0.717, 1.165) is 30.9 Å². The predicted octanol–water partition coefficient (Wildman–Crippen LogP) is 4.79. The Morgan fingerprint density at radius 3 is 2.70 bits per heavy atom. The SMILES string of the molecule is CC(C)c1c(-c2cn[nH]c2)[nH]c2ccc(C3CCN(Cc4cn(C)cn4)CC3)cc12. The van der Waals surface area contributed by atoms with Crippen LogP contribution in [-0.2, 0) is 13.6 Å². The third-order valence-electron chi connectivity index (χ3n) is 6.43.